The number of rotatable bonds is 5. The van der Waals surface area contributed by atoms with Gasteiger partial charge in [0.15, 0.2) is 0 Å². The van der Waals surface area contributed by atoms with Gasteiger partial charge in [-0.15, -0.1) is 11.3 Å². The van der Waals surface area contributed by atoms with E-state index in [1.54, 1.807) is 17.4 Å². The van der Waals surface area contributed by atoms with Crippen LogP contribution in [0, 0.1) is 5.82 Å². The van der Waals surface area contributed by atoms with Gasteiger partial charge in [-0.3, -0.25) is 9.69 Å². The third kappa shape index (κ3) is 3.68. The van der Waals surface area contributed by atoms with Crippen LogP contribution in [-0.4, -0.2) is 35.8 Å². The predicted molar refractivity (Wildman–Crippen MR) is 95.5 cm³/mol. The maximum absolute atomic E-state index is 13.3. The molecule has 24 heavy (non-hydrogen) atoms. The van der Waals surface area contributed by atoms with E-state index < -0.39 is 0 Å². The number of fused-ring (bicyclic) bond motifs is 1. The van der Waals surface area contributed by atoms with E-state index in [9.17, 15) is 9.18 Å². The van der Waals surface area contributed by atoms with Gasteiger partial charge >= 0.3 is 0 Å². The Morgan fingerprint density at radius 1 is 1.42 bits per heavy atom. The standard InChI is InChI=1S/C19H23FN2OS/c1-3-17-16-8-10-24-18(16)7-9-22(17)19(23)13-21(2)12-14-5-4-6-15(20)11-14/h4-6,8,10-11,17H,3,7,9,12-13H2,1-2H3. The summed E-state index contributed by atoms with van der Waals surface area (Å²) < 4.78 is 13.3. The zero-order valence-corrected chi connectivity index (χ0v) is 15.0. The second-order valence-corrected chi connectivity index (χ2v) is 7.36. The van der Waals surface area contributed by atoms with E-state index in [2.05, 4.69) is 18.4 Å². The maximum atomic E-state index is 13.3. The first-order valence-electron chi connectivity index (χ1n) is 8.37. The lowest BCUT2D eigenvalue weighted by Crippen LogP contribution is -2.43. The molecule has 0 fully saturated rings. The summed E-state index contributed by atoms with van der Waals surface area (Å²) in [5, 5.41) is 2.12. The molecule has 0 aliphatic carbocycles. The van der Waals surface area contributed by atoms with Crippen LogP contribution < -0.4 is 0 Å². The van der Waals surface area contributed by atoms with Crippen molar-refractivity contribution in [3.8, 4) is 0 Å². The molecule has 0 saturated carbocycles. The molecule has 0 bridgehead atoms. The van der Waals surface area contributed by atoms with Crippen LogP contribution in [0.15, 0.2) is 35.7 Å². The number of halogens is 1. The van der Waals surface area contributed by atoms with Crippen molar-refractivity contribution >= 4 is 17.2 Å². The van der Waals surface area contributed by atoms with Crippen molar-refractivity contribution < 1.29 is 9.18 Å². The van der Waals surface area contributed by atoms with Crippen molar-refractivity contribution in [2.45, 2.75) is 32.4 Å². The molecule has 1 aliphatic rings. The van der Waals surface area contributed by atoms with E-state index in [1.165, 1.54) is 22.6 Å². The van der Waals surface area contributed by atoms with Crippen molar-refractivity contribution in [3.63, 3.8) is 0 Å². The summed E-state index contributed by atoms with van der Waals surface area (Å²) >= 11 is 1.79. The van der Waals surface area contributed by atoms with Gasteiger partial charge in [0.25, 0.3) is 0 Å². The maximum Gasteiger partial charge on any atom is 0.237 e. The monoisotopic (exact) mass is 346 g/mol. The van der Waals surface area contributed by atoms with Gasteiger partial charge in [0, 0.05) is 18.0 Å². The van der Waals surface area contributed by atoms with Crippen LogP contribution in [0.3, 0.4) is 0 Å². The zero-order chi connectivity index (χ0) is 17.1. The van der Waals surface area contributed by atoms with Crippen LogP contribution in [0.4, 0.5) is 4.39 Å². The van der Waals surface area contributed by atoms with E-state index in [1.807, 2.05) is 22.9 Å². The Labute approximate surface area is 146 Å². The Morgan fingerprint density at radius 2 is 2.25 bits per heavy atom. The van der Waals surface area contributed by atoms with Gasteiger partial charge in [-0.2, -0.15) is 0 Å². The summed E-state index contributed by atoms with van der Waals surface area (Å²) in [5.41, 5.74) is 2.20. The Kier molecular flexibility index (Phi) is 5.31. The Bertz CT molecular complexity index is 715. The smallest absolute Gasteiger partial charge is 0.237 e. The molecule has 2 aromatic rings. The summed E-state index contributed by atoms with van der Waals surface area (Å²) in [6.45, 7) is 3.84. The summed E-state index contributed by atoms with van der Waals surface area (Å²) in [6.07, 6.45) is 1.88. The number of likely N-dealkylation sites (N-methyl/N-ethyl adjacent to an activating group) is 1. The van der Waals surface area contributed by atoms with E-state index in [4.69, 9.17) is 0 Å². The van der Waals surface area contributed by atoms with Crippen LogP contribution in [-0.2, 0) is 17.8 Å². The second kappa shape index (κ2) is 7.45. The molecule has 0 radical (unpaired) electrons. The normalized spacial score (nSPS) is 17.2. The minimum Gasteiger partial charge on any atom is -0.334 e. The van der Waals surface area contributed by atoms with Crippen molar-refractivity contribution in [1.82, 2.24) is 9.80 Å². The van der Waals surface area contributed by atoms with Gasteiger partial charge < -0.3 is 4.90 Å². The first-order chi connectivity index (χ1) is 11.6. The average molecular weight is 346 g/mol. The number of hydrogen-bond donors (Lipinski definition) is 0. The van der Waals surface area contributed by atoms with Gasteiger partial charge in [-0.1, -0.05) is 19.1 Å². The SMILES string of the molecule is CCC1c2ccsc2CCN1C(=O)CN(C)Cc1cccc(F)c1. The van der Waals surface area contributed by atoms with E-state index >= 15 is 0 Å². The van der Waals surface area contributed by atoms with Gasteiger partial charge in [0.2, 0.25) is 5.91 Å². The predicted octanol–water partition coefficient (Wildman–Crippen LogP) is 3.86. The fourth-order valence-corrected chi connectivity index (χ4v) is 4.39. The van der Waals surface area contributed by atoms with E-state index in [-0.39, 0.29) is 17.8 Å². The summed E-state index contributed by atoms with van der Waals surface area (Å²) in [7, 11) is 1.91. The van der Waals surface area contributed by atoms with Crippen molar-refractivity contribution in [2.24, 2.45) is 0 Å². The fraction of sp³-hybridized carbons (Fsp3) is 0.421. The number of amides is 1. The summed E-state index contributed by atoms with van der Waals surface area (Å²) in [4.78, 5) is 18.2. The number of hydrogen-bond acceptors (Lipinski definition) is 3. The zero-order valence-electron chi connectivity index (χ0n) is 14.2. The third-order valence-electron chi connectivity index (χ3n) is 4.55. The van der Waals surface area contributed by atoms with Crippen molar-refractivity contribution in [1.29, 1.82) is 0 Å². The third-order valence-corrected chi connectivity index (χ3v) is 5.55. The number of thiophene rings is 1. The number of benzene rings is 1. The van der Waals surface area contributed by atoms with Crippen LogP contribution in [0.5, 0.6) is 0 Å². The fourth-order valence-electron chi connectivity index (χ4n) is 3.46. The highest BCUT2D eigenvalue weighted by Gasteiger charge is 2.30. The molecule has 1 aromatic heterocycles. The van der Waals surface area contributed by atoms with Gasteiger partial charge in [-0.05, 0) is 54.6 Å². The average Bonchev–Trinajstić information content (AvgIpc) is 3.02. The molecule has 3 rings (SSSR count). The molecule has 1 unspecified atom stereocenters. The minimum absolute atomic E-state index is 0.151. The van der Waals surface area contributed by atoms with Gasteiger partial charge in [0.05, 0.1) is 12.6 Å². The number of nitrogens with zero attached hydrogens (tertiary/aromatic N) is 2. The highest BCUT2D eigenvalue weighted by atomic mass is 32.1. The molecule has 0 N–H and O–H groups in total. The number of carbonyl (C=O) groups excluding carboxylic acids is 1. The Hall–Kier alpha value is -1.72. The van der Waals surface area contributed by atoms with Crippen molar-refractivity contribution in [2.75, 3.05) is 20.1 Å². The molecule has 5 heteroatoms. The topological polar surface area (TPSA) is 23.6 Å². The van der Waals surface area contributed by atoms with Crippen LogP contribution >= 0.6 is 11.3 Å². The largest absolute Gasteiger partial charge is 0.334 e. The summed E-state index contributed by atoms with van der Waals surface area (Å²) in [5.74, 6) is -0.0862. The van der Waals surface area contributed by atoms with Crippen LogP contribution in [0.1, 0.15) is 35.4 Å². The Balaban J connectivity index is 1.64. The first kappa shape index (κ1) is 17.1. The molecule has 0 spiro atoms. The van der Waals surface area contributed by atoms with E-state index in [0.717, 1.165) is 24.9 Å². The lowest BCUT2D eigenvalue weighted by atomic mass is 9.97. The van der Waals surface area contributed by atoms with Crippen LogP contribution in [0.25, 0.3) is 0 Å². The molecule has 1 aliphatic heterocycles. The van der Waals surface area contributed by atoms with Crippen molar-refractivity contribution in [3.05, 3.63) is 57.5 Å². The van der Waals surface area contributed by atoms with E-state index in [0.29, 0.717) is 13.1 Å². The molecular formula is C19H23FN2OS. The van der Waals surface area contributed by atoms with Crippen LogP contribution in [0.2, 0.25) is 0 Å². The molecule has 1 aromatic carbocycles. The molecule has 2 heterocycles. The minimum atomic E-state index is -0.237. The summed E-state index contributed by atoms with van der Waals surface area (Å²) in [6, 6.07) is 8.90. The lowest BCUT2D eigenvalue weighted by Gasteiger charge is -2.36. The highest BCUT2D eigenvalue weighted by molar-refractivity contribution is 7.10. The first-order valence-corrected chi connectivity index (χ1v) is 9.25. The molecular weight excluding hydrogens is 323 g/mol. The Morgan fingerprint density at radius 3 is 3.00 bits per heavy atom. The number of carbonyl (C=O) groups is 1. The van der Waals surface area contributed by atoms with Gasteiger partial charge in [-0.25, -0.2) is 4.39 Å². The highest BCUT2D eigenvalue weighted by Crippen LogP contribution is 2.35. The molecule has 0 saturated heterocycles. The molecule has 3 nitrogen and oxygen atoms in total. The lowest BCUT2D eigenvalue weighted by molar-refractivity contribution is -0.135. The molecule has 128 valence electrons. The molecule has 1 amide bonds. The quantitative estimate of drug-likeness (QED) is 0.821. The second-order valence-electron chi connectivity index (χ2n) is 6.36. The molecule has 1 atom stereocenters. The van der Waals surface area contributed by atoms with Gasteiger partial charge in [0.1, 0.15) is 5.82 Å².